The fourth-order valence-electron chi connectivity index (χ4n) is 4.78. The molecule has 1 aromatic rings. The quantitative estimate of drug-likeness (QED) is 0.711. The number of piperidine rings is 1. The molecule has 0 spiro atoms. The van der Waals surface area contributed by atoms with Crippen LogP contribution in [0.4, 0.5) is 13.2 Å². The number of benzene rings is 1. The number of nitrogens with one attached hydrogen (secondary N) is 1. The molecule has 0 saturated carbocycles. The summed E-state index contributed by atoms with van der Waals surface area (Å²) in [6, 6.07) is 4.27. The number of rotatable bonds is 4. The lowest BCUT2D eigenvalue weighted by molar-refractivity contribution is -0.221. The number of halogens is 3. The van der Waals surface area contributed by atoms with Crippen molar-refractivity contribution < 1.29 is 27.6 Å². The molecule has 2 atom stereocenters. The molecule has 0 bridgehead atoms. The molecular formula is C20H23F3N4O3. The minimum Gasteiger partial charge on any atom is -0.328 e. The molecule has 3 aliphatic heterocycles. The highest BCUT2D eigenvalue weighted by molar-refractivity contribution is 6.05. The summed E-state index contributed by atoms with van der Waals surface area (Å²) in [5.41, 5.74) is 5.30. The number of hydrogen-bond donors (Lipinski definition) is 2. The van der Waals surface area contributed by atoms with Crippen molar-refractivity contribution in [2.24, 2.45) is 5.73 Å². The highest BCUT2D eigenvalue weighted by atomic mass is 19.4. The number of likely N-dealkylation sites (tertiary alicyclic amines) is 1. The third-order valence-corrected chi connectivity index (χ3v) is 6.45. The van der Waals surface area contributed by atoms with Gasteiger partial charge in [0.2, 0.25) is 11.8 Å². The van der Waals surface area contributed by atoms with Crippen molar-refractivity contribution in [2.45, 2.75) is 56.5 Å². The normalized spacial score (nSPS) is 27.5. The van der Waals surface area contributed by atoms with Crippen molar-refractivity contribution >= 4 is 17.7 Å². The molecule has 1 aromatic carbocycles. The largest absolute Gasteiger partial charge is 0.408 e. The second-order valence-electron chi connectivity index (χ2n) is 8.15. The first-order valence-corrected chi connectivity index (χ1v) is 9.94. The predicted molar refractivity (Wildman–Crippen MR) is 100.0 cm³/mol. The summed E-state index contributed by atoms with van der Waals surface area (Å²) in [6.45, 7) is 0.0739. The van der Waals surface area contributed by atoms with E-state index in [1.807, 2.05) is 0 Å². The first-order chi connectivity index (χ1) is 14.2. The third kappa shape index (κ3) is 3.27. The van der Waals surface area contributed by atoms with E-state index in [0.29, 0.717) is 29.7 Å². The summed E-state index contributed by atoms with van der Waals surface area (Å²) in [6.07, 6.45) is -3.61. The van der Waals surface area contributed by atoms with E-state index in [-0.39, 0.29) is 44.2 Å². The van der Waals surface area contributed by atoms with Gasteiger partial charge in [-0.2, -0.15) is 13.2 Å². The first-order valence-electron chi connectivity index (χ1n) is 9.94. The zero-order chi connectivity index (χ0) is 21.7. The number of nitrogens with zero attached hydrogens (tertiary/aromatic N) is 2. The molecule has 0 aromatic heterocycles. The Bertz CT molecular complexity index is 904. The summed E-state index contributed by atoms with van der Waals surface area (Å²) in [5, 5.41) is 2.25. The van der Waals surface area contributed by atoms with Gasteiger partial charge in [-0.25, -0.2) is 0 Å². The number of amides is 3. The van der Waals surface area contributed by atoms with Crippen LogP contribution in [0.2, 0.25) is 0 Å². The van der Waals surface area contributed by atoms with Gasteiger partial charge in [0.25, 0.3) is 5.91 Å². The Hall–Kier alpha value is -2.46. The minimum atomic E-state index is -4.42. The van der Waals surface area contributed by atoms with E-state index in [9.17, 15) is 27.6 Å². The van der Waals surface area contributed by atoms with Crippen LogP contribution in [0.3, 0.4) is 0 Å². The molecule has 4 rings (SSSR count). The van der Waals surface area contributed by atoms with Gasteiger partial charge in [-0.1, -0.05) is 12.1 Å². The Labute approximate surface area is 171 Å². The number of fused-ring (bicyclic) bond motifs is 1. The van der Waals surface area contributed by atoms with Gasteiger partial charge in [-0.3, -0.25) is 24.6 Å². The van der Waals surface area contributed by atoms with Crippen molar-refractivity contribution in [1.29, 1.82) is 0 Å². The number of imide groups is 1. The molecule has 2 unspecified atom stereocenters. The number of carbonyl (C=O) groups is 3. The van der Waals surface area contributed by atoms with E-state index in [1.54, 1.807) is 18.2 Å². The zero-order valence-electron chi connectivity index (χ0n) is 16.3. The Kier molecular flexibility index (Phi) is 5.09. The lowest BCUT2D eigenvalue weighted by atomic mass is 9.94. The standard InChI is InChI=1S/C20H23F3N4O3/c21-20(22,23)19(11-24)6-1-7-26(19)9-12-2-3-14-13(8-12)10-27(18(14)30)15-4-5-16(28)25-17(15)29/h2-3,8,15H,1,4-7,9-11,24H2,(H,25,28,29). The van der Waals surface area contributed by atoms with Gasteiger partial charge in [0.15, 0.2) is 0 Å². The number of carbonyl (C=O) groups excluding carboxylic acids is 3. The minimum absolute atomic E-state index is 0.0281. The molecule has 7 nitrogen and oxygen atoms in total. The molecule has 30 heavy (non-hydrogen) atoms. The Morgan fingerprint density at radius 2 is 2.00 bits per heavy atom. The first kappa shape index (κ1) is 20.8. The molecule has 2 saturated heterocycles. The fourth-order valence-corrected chi connectivity index (χ4v) is 4.78. The fraction of sp³-hybridized carbons (Fsp3) is 0.550. The van der Waals surface area contributed by atoms with Crippen LogP contribution in [0.25, 0.3) is 0 Å². The van der Waals surface area contributed by atoms with Crippen LogP contribution in [0, 0.1) is 0 Å². The number of nitrogens with two attached hydrogens (primary N) is 1. The summed E-state index contributed by atoms with van der Waals surface area (Å²) < 4.78 is 41.2. The number of alkyl halides is 3. The molecular weight excluding hydrogens is 401 g/mol. The van der Waals surface area contributed by atoms with Crippen molar-refractivity contribution in [2.75, 3.05) is 13.1 Å². The second-order valence-corrected chi connectivity index (χ2v) is 8.15. The highest BCUT2D eigenvalue weighted by Crippen LogP contribution is 2.43. The summed E-state index contributed by atoms with van der Waals surface area (Å²) >= 11 is 0. The van der Waals surface area contributed by atoms with Gasteiger partial charge in [-0.05, 0) is 43.0 Å². The molecule has 0 aliphatic carbocycles. The van der Waals surface area contributed by atoms with Crippen LogP contribution in [-0.2, 0) is 22.7 Å². The molecule has 3 N–H and O–H groups in total. The van der Waals surface area contributed by atoms with Crippen molar-refractivity contribution in [3.63, 3.8) is 0 Å². The zero-order valence-corrected chi connectivity index (χ0v) is 16.3. The lowest BCUT2D eigenvalue weighted by Gasteiger charge is -2.39. The third-order valence-electron chi connectivity index (χ3n) is 6.45. The maximum Gasteiger partial charge on any atom is 0.408 e. The predicted octanol–water partition coefficient (Wildman–Crippen LogP) is 1.30. The van der Waals surface area contributed by atoms with Crippen LogP contribution >= 0.6 is 0 Å². The smallest absolute Gasteiger partial charge is 0.328 e. The van der Waals surface area contributed by atoms with Gasteiger partial charge in [0.1, 0.15) is 11.6 Å². The van der Waals surface area contributed by atoms with Gasteiger partial charge < -0.3 is 10.6 Å². The molecule has 10 heteroatoms. The van der Waals surface area contributed by atoms with Crippen LogP contribution in [0.5, 0.6) is 0 Å². The average Bonchev–Trinajstić information content (AvgIpc) is 3.23. The van der Waals surface area contributed by atoms with Crippen LogP contribution < -0.4 is 11.1 Å². The van der Waals surface area contributed by atoms with Crippen LogP contribution in [-0.4, -0.2) is 58.4 Å². The van der Waals surface area contributed by atoms with Gasteiger partial charge in [0, 0.05) is 31.6 Å². The van der Waals surface area contributed by atoms with Crippen molar-refractivity contribution in [3.8, 4) is 0 Å². The Balaban J connectivity index is 1.53. The maximum atomic E-state index is 13.7. The Morgan fingerprint density at radius 1 is 1.23 bits per heavy atom. The van der Waals surface area contributed by atoms with Gasteiger partial charge in [0.05, 0.1) is 0 Å². The summed E-state index contributed by atoms with van der Waals surface area (Å²) in [5.74, 6) is -1.16. The van der Waals surface area contributed by atoms with E-state index in [1.165, 1.54) is 9.80 Å². The summed E-state index contributed by atoms with van der Waals surface area (Å²) in [4.78, 5) is 39.0. The molecule has 162 valence electrons. The topological polar surface area (TPSA) is 95.7 Å². The van der Waals surface area contributed by atoms with E-state index in [0.717, 1.165) is 0 Å². The SMILES string of the molecule is NCC1(C(F)(F)F)CCCN1Cc1ccc2c(c1)CN(C1CCC(=O)NC1=O)C2=O. The van der Waals surface area contributed by atoms with E-state index >= 15 is 0 Å². The second kappa shape index (κ2) is 7.35. The summed E-state index contributed by atoms with van der Waals surface area (Å²) in [7, 11) is 0. The van der Waals surface area contributed by atoms with Crippen molar-refractivity contribution in [1.82, 2.24) is 15.1 Å². The average molecular weight is 424 g/mol. The molecule has 0 radical (unpaired) electrons. The molecule has 3 amide bonds. The highest BCUT2D eigenvalue weighted by Gasteiger charge is 2.59. The molecule has 3 aliphatic rings. The van der Waals surface area contributed by atoms with Crippen LogP contribution in [0.1, 0.15) is 47.2 Å². The van der Waals surface area contributed by atoms with Crippen LogP contribution in [0.15, 0.2) is 18.2 Å². The van der Waals surface area contributed by atoms with E-state index in [4.69, 9.17) is 5.73 Å². The van der Waals surface area contributed by atoms with E-state index < -0.39 is 30.2 Å². The van der Waals surface area contributed by atoms with Crippen molar-refractivity contribution in [3.05, 3.63) is 34.9 Å². The van der Waals surface area contributed by atoms with Gasteiger partial charge in [-0.15, -0.1) is 0 Å². The maximum absolute atomic E-state index is 13.7. The number of hydrogen-bond acceptors (Lipinski definition) is 5. The Morgan fingerprint density at radius 3 is 2.67 bits per heavy atom. The molecule has 2 fully saturated rings. The van der Waals surface area contributed by atoms with Gasteiger partial charge >= 0.3 is 6.18 Å². The lowest BCUT2D eigenvalue weighted by Crippen LogP contribution is -2.59. The molecule has 3 heterocycles. The van der Waals surface area contributed by atoms with E-state index in [2.05, 4.69) is 5.32 Å². The monoisotopic (exact) mass is 424 g/mol.